The summed E-state index contributed by atoms with van der Waals surface area (Å²) in [6.07, 6.45) is 0.822. The van der Waals surface area contributed by atoms with Crippen LogP contribution >= 0.6 is 0 Å². The smallest absolute Gasteiger partial charge is 0.254 e. The van der Waals surface area contributed by atoms with Gasteiger partial charge in [-0.25, -0.2) is 0 Å². The van der Waals surface area contributed by atoms with Gasteiger partial charge >= 0.3 is 0 Å². The number of anilines is 1. The predicted molar refractivity (Wildman–Crippen MR) is 170 cm³/mol. The summed E-state index contributed by atoms with van der Waals surface area (Å²) >= 11 is 0. The molecule has 8 nitrogen and oxygen atoms in total. The van der Waals surface area contributed by atoms with Gasteiger partial charge in [-0.3, -0.25) is 9.59 Å². The number of methoxy groups -OCH3 is 1. The van der Waals surface area contributed by atoms with Crippen LogP contribution in [0.3, 0.4) is 0 Å². The second-order valence-electron chi connectivity index (χ2n) is 11.2. The SMILES string of the molecule is COc1cccc(C(=O)N(CCC(C)C)CC(=O)N2CCN(c3ccc(-c4ccc(-c5ccccc5)cc4)nn3)CC2)c1. The number of piperazine rings is 1. The van der Waals surface area contributed by atoms with Crippen LogP contribution in [-0.2, 0) is 4.79 Å². The monoisotopic (exact) mass is 577 g/mol. The van der Waals surface area contributed by atoms with Crippen LogP contribution in [0.2, 0.25) is 0 Å². The van der Waals surface area contributed by atoms with E-state index in [1.165, 1.54) is 5.56 Å². The van der Waals surface area contributed by atoms with E-state index in [1.807, 2.05) is 35.2 Å². The molecule has 43 heavy (non-hydrogen) atoms. The minimum atomic E-state index is -0.156. The van der Waals surface area contributed by atoms with Crippen LogP contribution in [0.15, 0.2) is 91.0 Å². The van der Waals surface area contributed by atoms with Crippen molar-refractivity contribution in [3.05, 3.63) is 96.6 Å². The lowest BCUT2D eigenvalue weighted by Crippen LogP contribution is -2.52. The van der Waals surface area contributed by atoms with E-state index in [0.29, 0.717) is 50.0 Å². The highest BCUT2D eigenvalue weighted by Gasteiger charge is 2.26. The quantitative estimate of drug-likeness (QED) is 0.242. The van der Waals surface area contributed by atoms with Gasteiger partial charge in [-0.05, 0) is 53.8 Å². The minimum absolute atomic E-state index is 0.0416. The normalized spacial score (nSPS) is 13.2. The molecule has 1 fully saturated rings. The third-order valence-electron chi connectivity index (χ3n) is 7.80. The number of rotatable bonds is 10. The molecule has 1 aliphatic heterocycles. The largest absolute Gasteiger partial charge is 0.497 e. The van der Waals surface area contributed by atoms with Gasteiger partial charge in [-0.1, -0.05) is 74.5 Å². The Kier molecular flexibility index (Phi) is 9.66. The van der Waals surface area contributed by atoms with Crippen LogP contribution < -0.4 is 9.64 Å². The van der Waals surface area contributed by atoms with Crippen molar-refractivity contribution in [3.63, 3.8) is 0 Å². The zero-order valence-corrected chi connectivity index (χ0v) is 25.1. The number of carbonyl (C=O) groups is 2. The molecule has 1 saturated heterocycles. The Morgan fingerprint density at radius 2 is 1.51 bits per heavy atom. The van der Waals surface area contributed by atoms with Gasteiger partial charge in [-0.15, -0.1) is 10.2 Å². The number of ether oxygens (including phenoxy) is 1. The summed E-state index contributed by atoms with van der Waals surface area (Å²) in [4.78, 5) is 32.4. The van der Waals surface area contributed by atoms with Crippen molar-refractivity contribution >= 4 is 17.6 Å². The summed E-state index contributed by atoms with van der Waals surface area (Å²) in [5.41, 5.74) is 4.70. The number of hydrogen-bond donors (Lipinski definition) is 0. The topological polar surface area (TPSA) is 78.9 Å². The number of carbonyl (C=O) groups excluding carboxylic acids is 2. The Bertz CT molecular complexity index is 1500. The first kappa shape index (κ1) is 29.8. The van der Waals surface area contributed by atoms with Gasteiger partial charge < -0.3 is 19.4 Å². The first-order valence-electron chi connectivity index (χ1n) is 14.9. The fourth-order valence-corrected chi connectivity index (χ4v) is 5.17. The Morgan fingerprint density at radius 1 is 0.814 bits per heavy atom. The molecule has 0 bridgehead atoms. The van der Waals surface area contributed by atoms with Crippen molar-refractivity contribution in [1.82, 2.24) is 20.0 Å². The Balaban J connectivity index is 1.17. The maximum atomic E-state index is 13.4. The highest BCUT2D eigenvalue weighted by Crippen LogP contribution is 2.24. The fourth-order valence-electron chi connectivity index (χ4n) is 5.17. The molecular formula is C35H39N5O3. The Hall–Kier alpha value is -4.72. The van der Waals surface area contributed by atoms with Gasteiger partial charge in [0.1, 0.15) is 12.3 Å². The third kappa shape index (κ3) is 7.57. The molecule has 222 valence electrons. The van der Waals surface area contributed by atoms with E-state index in [9.17, 15) is 9.59 Å². The zero-order chi connectivity index (χ0) is 30.2. The standard InChI is InChI=1S/C35H39N5O3/c1-26(2)18-19-40(35(42)30-10-7-11-31(24-30)43-3)25-34(41)39-22-20-38(21-23-39)33-17-16-32(36-37-33)29-14-12-28(13-15-29)27-8-5-4-6-9-27/h4-17,24,26H,18-23,25H2,1-3H3. The van der Waals surface area contributed by atoms with E-state index in [1.54, 1.807) is 36.3 Å². The number of benzene rings is 3. The van der Waals surface area contributed by atoms with Crippen LogP contribution in [0.1, 0.15) is 30.6 Å². The fraction of sp³-hybridized carbons (Fsp3) is 0.314. The molecule has 8 heteroatoms. The Labute approximate surface area is 253 Å². The van der Waals surface area contributed by atoms with Crippen LogP contribution in [0.4, 0.5) is 5.82 Å². The van der Waals surface area contributed by atoms with Gasteiger partial charge in [0.05, 0.1) is 12.8 Å². The predicted octanol–water partition coefficient (Wildman–Crippen LogP) is 5.66. The molecule has 0 atom stereocenters. The molecule has 0 spiro atoms. The van der Waals surface area contributed by atoms with Crippen molar-refractivity contribution in [1.29, 1.82) is 0 Å². The van der Waals surface area contributed by atoms with Crippen molar-refractivity contribution in [2.75, 3.05) is 51.3 Å². The summed E-state index contributed by atoms with van der Waals surface area (Å²) in [5, 5.41) is 8.99. The number of amides is 2. The molecule has 2 amide bonds. The first-order chi connectivity index (χ1) is 20.9. The number of aromatic nitrogens is 2. The summed E-state index contributed by atoms with van der Waals surface area (Å²) in [5.74, 6) is 1.63. The lowest BCUT2D eigenvalue weighted by Gasteiger charge is -2.36. The van der Waals surface area contributed by atoms with Crippen molar-refractivity contribution in [3.8, 4) is 28.1 Å². The van der Waals surface area contributed by atoms with Gasteiger partial charge in [0.15, 0.2) is 5.82 Å². The minimum Gasteiger partial charge on any atom is -0.497 e. The molecule has 0 unspecified atom stereocenters. The summed E-state index contributed by atoms with van der Waals surface area (Å²) in [6.45, 7) is 7.25. The van der Waals surface area contributed by atoms with Crippen molar-refractivity contribution < 1.29 is 14.3 Å². The molecule has 0 N–H and O–H groups in total. The average molecular weight is 578 g/mol. The van der Waals surface area contributed by atoms with Gasteiger partial charge in [0.2, 0.25) is 5.91 Å². The average Bonchev–Trinajstić information content (AvgIpc) is 3.07. The summed E-state index contributed by atoms with van der Waals surface area (Å²) in [7, 11) is 1.58. The van der Waals surface area contributed by atoms with E-state index < -0.39 is 0 Å². The highest BCUT2D eigenvalue weighted by atomic mass is 16.5. The molecule has 4 aromatic rings. The summed E-state index contributed by atoms with van der Waals surface area (Å²) < 4.78 is 5.29. The highest BCUT2D eigenvalue weighted by molar-refractivity contribution is 5.97. The van der Waals surface area contributed by atoms with E-state index in [4.69, 9.17) is 4.74 Å². The Morgan fingerprint density at radius 3 is 2.16 bits per heavy atom. The first-order valence-corrected chi connectivity index (χ1v) is 14.9. The second-order valence-corrected chi connectivity index (χ2v) is 11.2. The van der Waals surface area contributed by atoms with E-state index >= 15 is 0 Å². The van der Waals surface area contributed by atoms with E-state index in [-0.39, 0.29) is 18.4 Å². The van der Waals surface area contributed by atoms with Gasteiger partial charge in [0.25, 0.3) is 5.91 Å². The van der Waals surface area contributed by atoms with Crippen LogP contribution in [0, 0.1) is 5.92 Å². The molecule has 1 aromatic heterocycles. The molecular weight excluding hydrogens is 538 g/mol. The summed E-state index contributed by atoms with van der Waals surface area (Å²) in [6, 6.07) is 29.7. The molecule has 0 aliphatic carbocycles. The van der Waals surface area contributed by atoms with Crippen molar-refractivity contribution in [2.45, 2.75) is 20.3 Å². The van der Waals surface area contributed by atoms with Crippen molar-refractivity contribution in [2.24, 2.45) is 5.92 Å². The second kappa shape index (κ2) is 14.0. The molecule has 0 saturated carbocycles. The van der Waals surface area contributed by atoms with E-state index in [0.717, 1.165) is 29.1 Å². The zero-order valence-electron chi connectivity index (χ0n) is 25.1. The van der Waals surface area contributed by atoms with Crippen LogP contribution in [0.25, 0.3) is 22.4 Å². The maximum absolute atomic E-state index is 13.4. The van der Waals surface area contributed by atoms with Gasteiger partial charge in [-0.2, -0.15) is 0 Å². The lowest BCUT2D eigenvalue weighted by molar-refractivity contribution is -0.132. The number of nitrogens with zero attached hydrogens (tertiary/aromatic N) is 5. The molecule has 0 radical (unpaired) electrons. The maximum Gasteiger partial charge on any atom is 0.254 e. The molecule has 5 rings (SSSR count). The van der Waals surface area contributed by atoms with Crippen LogP contribution in [-0.4, -0.2) is 78.2 Å². The van der Waals surface area contributed by atoms with Crippen LogP contribution in [0.5, 0.6) is 5.75 Å². The molecule has 1 aliphatic rings. The lowest BCUT2D eigenvalue weighted by atomic mass is 10.0. The van der Waals surface area contributed by atoms with Gasteiger partial charge in [0, 0.05) is 43.9 Å². The van der Waals surface area contributed by atoms with E-state index in [2.05, 4.69) is 65.3 Å². The molecule has 3 aromatic carbocycles. The number of hydrogen-bond acceptors (Lipinski definition) is 6. The third-order valence-corrected chi connectivity index (χ3v) is 7.80. The molecule has 2 heterocycles.